The zero-order valence-electron chi connectivity index (χ0n) is 13.4. The third-order valence-corrected chi connectivity index (χ3v) is 3.97. The molecule has 0 spiro atoms. The van der Waals surface area contributed by atoms with Gasteiger partial charge in [0.15, 0.2) is 0 Å². The van der Waals surface area contributed by atoms with Gasteiger partial charge in [-0.2, -0.15) is 0 Å². The Hall–Kier alpha value is -2.88. The second-order valence-electron chi connectivity index (χ2n) is 5.41. The fraction of sp³-hybridized carbons (Fsp3) is 0.158. The number of carbonyl (C=O) groups is 1. The minimum Gasteiger partial charge on any atom is -0.465 e. The van der Waals surface area contributed by atoms with Gasteiger partial charge in [0.2, 0.25) is 0 Å². The van der Waals surface area contributed by atoms with Gasteiger partial charge in [-0.25, -0.2) is 4.79 Å². The van der Waals surface area contributed by atoms with Crippen LogP contribution in [-0.2, 0) is 4.74 Å². The molecule has 0 radical (unpaired) electrons. The Morgan fingerprint density at radius 3 is 2.65 bits per heavy atom. The molecule has 4 nitrogen and oxygen atoms in total. The number of aromatic nitrogens is 1. The lowest BCUT2D eigenvalue weighted by Crippen LogP contribution is -2.03. The number of rotatable bonds is 3. The summed E-state index contributed by atoms with van der Waals surface area (Å²) in [4.78, 5) is 19.6. The van der Waals surface area contributed by atoms with Crippen molar-refractivity contribution < 1.29 is 9.53 Å². The summed E-state index contributed by atoms with van der Waals surface area (Å²) < 4.78 is 4.83. The summed E-state index contributed by atoms with van der Waals surface area (Å²) >= 11 is 0. The first-order chi connectivity index (χ1) is 11.1. The Kier molecular flexibility index (Phi) is 3.98. The number of fused-ring (bicyclic) bond motifs is 1. The quantitative estimate of drug-likeness (QED) is 0.578. The molecule has 0 unspecified atom stereocenters. The molecule has 0 aliphatic rings. The van der Waals surface area contributed by atoms with E-state index in [4.69, 9.17) is 4.74 Å². The van der Waals surface area contributed by atoms with Gasteiger partial charge in [0.05, 0.1) is 30.3 Å². The van der Waals surface area contributed by atoms with E-state index in [0.717, 1.165) is 33.4 Å². The molecule has 0 amide bonds. The van der Waals surface area contributed by atoms with Gasteiger partial charge in [-0.15, -0.1) is 0 Å². The van der Waals surface area contributed by atoms with Crippen LogP contribution in [0, 0.1) is 13.8 Å². The number of ether oxygens (including phenoxy) is 1. The molecule has 0 bridgehead atoms. The number of aliphatic imine (C=N–C) groups is 1. The molecular formula is C19H18N2O2. The molecule has 0 aliphatic heterocycles. The van der Waals surface area contributed by atoms with E-state index in [0.29, 0.717) is 5.56 Å². The number of nitrogens with one attached hydrogen (secondary N) is 1. The van der Waals surface area contributed by atoms with Crippen LogP contribution in [0.5, 0.6) is 0 Å². The number of hydrogen-bond donors (Lipinski definition) is 1. The Labute approximate surface area is 134 Å². The average Bonchev–Trinajstić information content (AvgIpc) is 2.86. The molecule has 0 aliphatic carbocycles. The third kappa shape index (κ3) is 2.75. The van der Waals surface area contributed by atoms with Gasteiger partial charge in [-0.3, -0.25) is 4.99 Å². The smallest absolute Gasteiger partial charge is 0.339 e. The molecule has 1 aromatic heterocycles. The molecule has 0 saturated carbocycles. The van der Waals surface area contributed by atoms with Crippen molar-refractivity contribution in [1.82, 2.24) is 4.98 Å². The van der Waals surface area contributed by atoms with Gasteiger partial charge >= 0.3 is 5.97 Å². The number of benzene rings is 2. The number of nitrogens with zero attached hydrogens (tertiary/aromatic N) is 1. The van der Waals surface area contributed by atoms with Crippen molar-refractivity contribution in [1.29, 1.82) is 0 Å². The van der Waals surface area contributed by atoms with Crippen LogP contribution in [0.15, 0.2) is 47.5 Å². The second kappa shape index (κ2) is 6.08. The number of H-pyrrole nitrogens is 1. The van der Waals surface area contributed by atoms with E-state index >= 15 is 0 Å². The first-order valence-electron chi connectivity index (χ1n) is 7.41. The maximum absolute atomic E-state index is 11.8. The lowest BCUT2D eigenvalue weighted by molar-refractivity contribution is 0.0599. The first kappa shape index (κ1) is 15.0. The molecular weight excluding hydrogens is 288 g/mol. The molecule has 1 N–H and O–H groups in total. The van der Waals surface area contributed by atoms with Crippen molar-refractivity contribution in [2.75, 3.05) is 7.11 Å². The highest BCUT2D eigenvalue weighted by Crippen LogP contribution is 2.26. The summed E-state index contributed by atoms with van der Waals surface area (Å²) in [5.74, 6) is -0.332. The largest absolute Gasteiger partial charge is 0.465 e. The van der Waals surface area contributed by atoms with Gasteiger partial charge in [-0.05, 0) is 30.9 Å². The monoisotopic (exact) mass is 306 g/mol. The second-order valence-corrected chi connectivity index (χ2v) is 5.41. The summed E-state index contributed by atoms with van der Waals surface area (Å²) in [7, 11) is 1.39. The highest BCUT2D eigenvalue weighted by Gasteiger charge is 2.17. The summed E-state index contributed by atoms with van der Waals surface area (Å²) in [5.41, 5.74) is 3.92. The molecule has 3 aromatic rings. The number of carbonyl (C=O) groups excluding carboxylic acids is 1. The predicted molar refractivity (Wildman–Crippen MR) is 92.8 cm³/mol. The lowest BCUT2D eigenvalue weighted by Gasteiger charge is -2.01. The van der Waals surface area contributed by atoms with E-state index in [1.165, 1.54) is 7.11 Å². The van der Waals surface area contributed by atoms with Crippen LogP contribution >= 0.6 is 0 Å². The van der Waals surface area contributed by atoms with Crippen molar-refractivity contribution in [3.05, 3.63) is 65.0 Å². The molecule has 4 heteroatoms. The highest BCUT2D eigenvalue weighted by molar-refractivity contribution is 5.98. The number of hydrogen-bond acceptors (Lipinski definition) is 3. The number of esters is 1. The van der Waals surface area contributed by atoms with E-state index in [-0.39, 0.29) is 5.97 Å². The van der Waals surface area contributed by atoms with Crippen LogP contribution in [0.4, 0.5) is 5.69 Å². The molecule has 0 saturated heterocycles. The minimum absolute atomic E-state index is 0.332. The standard InChI is InChI=1S/C19H18N2O2/c1-12-17(21-13(2)18(12)19(22)23-3)11-20-16-10-6-8-14-7-4-5-9-15(14)16/h4-11,21H,1-3H3. The molecule has 0 fully saturated rings. The maximum atomic E-state index is 11.8. The first-order valence-corrected chi connectivity index (χ1v) is 7.41. The molecule has 1 heterocycles. The van der Waals surface area contributed by atoms with Gasteiger partial charge in [0, 0.05) is 11.1 Å². The predicted octanol–water partition coefficient (Wildman–Crippen LogP) is 4.32. The zero-order chi connectivity index (χ0) is 16.4. The van der Waals surface area contributed by atoms with E-state index in [1.807, 2.05) is 38.1 Å². The topological polar surface area (TPSA) is 54.5 Å². The number of aryl methyl sites for hydroxylation is 1. The van der Waals surface area contributed by atoms with Crippen molar-refractivity contribution in [3.63, 3.8) is 0 Å². The van der Waals surface area contributed by atoms with Crippen molar-refractivity contribution in [3.8, 4) is 0 Å². The van der Waals surface area contributed by atoms with Gasteiger partial charge in [0.25, 0.3) is 0 Å². The molecule has 0 atom stereocenters. The van der Waals surface area contributed by atoms with Gasteiger partial charge in [0.1, 0.15) is 0 Å². The SMILES string of the molecule is COC(=O)c1c(C)[nH]c(C=Nc2cccc3ccccc23)c1C. The fourth-order valence-corrected chi connectivity index (χ4v) is 2.77. The van der Waals surface area contributed by atoms with E-state index in [2.05, 4.69) is 28.2 Å². The van der Waals surface area contributed by atoms with Crippen molar-refractivity contribution in [2.45, 2.75) is 13.8 Å². The Morgan fingerprint density at radius 1 is 1.13 bits per heavy atom. The van der Waals surface area contributed by atoms with E-state index in [9.17, 15) is 4.79 Å². The van der Waals surface area contributed by atoms with Crippen LogP contribution in [-0.4, -0.2) is 24.3 Å². The van der Waals surface area contributed by atoms with E-state index < -0.39 is 0 Å². The average molecular weight is 306 g/mol. The summed E-state index contributed by atoms with van der Waals surface area (Å²) in [6, 6.07) is 14.2. The van der Waals surface area contributed by atoms with Crippen LogP contribution in [0.25, 0.3) is 10.8 Å². The summed E-state index contributed by atoms with van der Waals surface area (Å²) in [5, 5.41) is 2.25. The molecule has 3 rings (SSSR count). The Morgan fingerprint density at radius 2 is 1.87 bits per heavy atom. The van der Waals surface area contributed by atoms with Crippen molar-refractivity contribution >= 4 is 28.6 Å². The minimum atomic E-state index is -0.332. The molecule has 2 aromatic carbocycles. The molecule has 23 heavy (non-hydrogen) atoms. The zero-order valence-corrected chi connectivity index (χ0v) is 13.4. The van der Waals surface area contributed by atoms with E-state index in [1.54, 1.807) is 6.21 Å². The lowest BCUT2D eigenvalue weighted by atomic mass is 10.1. The third-order valence-electron chi connectivity index (χ3n) is 3.97. The van der Waals surface area contributed by atoms with Crippen LogP contribution in [0.3, 0.4) is 0 Å². The highest BCUT2D eigenvalue weighted by atomic mass is 16.5. The van der Waals surface area contributed by atoms with Crippen LogP contribution in [0.1, 0.15) is 27.3 Å². The molecule has 116 valence electrons. The Bertz CT molecular complexity index is 902. The van der Waals surface area contributed by atoms with Gasteiger partial charge in [-0.1, -0.05) is 36.4 Å². The summed E-state index contributed by atoms with van der Waals surface area (Å²) in [6.07, 6.45) is 1.76. The normalized spacial score (nSPS) is 11.3. The maximum Gasteiger partial charge on any atom is 0.339 e. The van der Waals surface area contributed by atoms with Crippen LogP contribution < -0.4 is 0 Å². The van der Waals surface area contributed by atoms with Gasteiger partial charge < -0.3 is 9.72 Å². The van der Waals surface area contributed by atoms with Crippen LogP contribution in [0.2, 0.25) is 0 Å². The van der Waals surface area contributed by atoms with Crippen molar-refractivity contribution in [2.24, 2.45) is 4.99 Å². The summed E-state index contributed by atoms with van der Waals surface area (Å²) in [6.45, 7) is 3.74. The number of aromatic amines is 1. The number of methoxy groups -OCH3 is 1. The fourth-order valence-electron chi connectivity index (χ4n) is 2.77. The Balaban J connectivity index is 2.02.